The first-order chi connectivity index (χ1) is 7.24. The molecule has 0 saturated carbocycles. The summed E-state index contributed by atoms with van der Waals surface area (Å²) in [7, 11) is 0. The molecule has 0 amide bonds. The van der Waals surface area contributed by atoms with Crippen LogP contribution >= 0.6 is 0 Å². The van der Waals surface area contributed by atoms with Gasteiger partial charge in [-0.15, -0.1) is 0 Å². The van der Waals surface area contributed by atoms with Crippen molar-refractivity contribution in [3.63, 3.8) is 0 Å². The van der Waals surface area contributed by atoms with E-state index in [4.69, 9.17) is 9.47 Å². The van der Waals surface area contributed by atoms with Crippen LogP contribution in [0.3, 0.4) is 0 Å². The predicted octanol–water partition coefficient (Wildman–Crippen LogP) is 1.30. The molecule has 0 aliphatic rings. The fraction of sp³-hybridized carbons (Fsp3) is 0.909. The van der Waals surface area contributed by atoms with Gasteiger partial charge < -0.3 is 14.4 Å². The van der Waals surface area contributed by atoms with Gasteiger partial charge in [-0.3, -0.25) is 4.79 Å². The second kappa shape index (κ2) is 9.93. The van der Waals surface area contributed by atoms with E-state index in [0.29, 0.717) is 13.0 Å². The Morgan fingerprint density at radius 1 is 1.13 bits per heavy atom. The lowest BCUT2D eigenvalue weighted by atomic mass is 10.3. The van der Waals surface area contributed by atoms with Crippen LogP contribution in [0.2, 0.25) is 0 Å². The zero-order chi connectivity index (χ0) is 11.5. The predicted molar refractivity (Wildman–Crippen MR) is 59.9 cm³/mol. The molecule has 4 nitrogen and oxygen atoms in total. The first-order valence-corrected chi connectivity index (χ1v) is 5.70. The minimum absolute atomic E-state index is 0.118. The number of esters is 1. The van der Waals surface area contributed by atoms with E-state index in [-0.39, 0.29) is 5.97 Å². The molecule has 0 N–H and O–H groups in total. The number of hydrogen-bond donors (Lipinski definition) is 0. The Hall–Kier alpha value is -0.610. The first-order valence-electron chi connectivity index (χ1n) is 5.70. The highest BCUT2D eigenvalue weighted by Crippen LogP contribution is 1.94. The number of likely N-dealkylation sites (N-methyl/N-ethyl adjacent to an activating group) is 1. The van der Waals surface area contributed by atoms with Crippen LogP contribution in [-0.4, -0.2) is 50.3 Å². The number of nitrogens with zero attached hydrogens (tertiary/aromatic N) is 1. The highest BCUT2D eigenvalue weighted by Gasteiger charge is 2.06. The van der Waals surface area contributed by atoms with Gasteiger partial charge in [0.25, 0.3) is 0 Å². The molecule has 0 atom stereocenters. The van der Waals surface area contributed by atoms with Crippen LogP contribution in [0.4, 0.5) is 0 Å². The van der Waals surface area contributed by atoms with E-state index >= 15 is 0 Å². The summed E-state index contributed by atoms with van der Waals surface area (Å²) in [4.78, 5) is 13.3. The molecule has 0 aromatic rings. The summed E-state index contributed by atoms with van der Waals surface area (Å²) in [6, 6.07) is 0. The minimum Gasteiger partial charge on any atom is -0.466 e. The Morgan fingerprint density at radius 3 is 2.40 bits per heavy atom. The Bertz CT molecular complexity index is 162. The van der Waals surface area contributed by atoms with Crippen LogP contribution < -0.4 is 0 Å². The highest BCUT2D eigenvalue weighted by molar-refractivity contribution is 5.69. The van der Waals surface area contributed by atoms with Crippen molar-refractivity contribution in [1.82, 2.24) is 4.90 Å². The number of hydrogen-bond acceptors (Lipinski definition) is 4. The minimum atomic E-state index is -0.118. The van der Waals surface area contributed by atoms with Crippen molar-refractivity contribution in [2.24, 2.45) is 0 Å². The SMILES string of the molecule is CCOCCN(CC)CCC(=O)OCC. The summed E-state index contributed by atoms with van der Waals surface area (Å²) < 4.78 is 10.1. The van der Waals surface area contributed by atoms with E-state index in [1.807, 2.05) is 13.8 Å². The Kier molecular flexibility index (Phi) is 9.52. The quantitative estimate of drug-likeness (QED) is 0.431. The summed E-state index contributed by atoms with van der Waals surface area (Å²) in [6.45, 7) is 10.4. The van der Waals surface area contributed by atoms with Gasteiger partial charge >= 0.3 is 5.97 Å². The average Bonchev–Trinajstić information content (AvgIpc) is 2.23. The molecule has 0 rings (SSSR count). The second-order valence-corrected chi connectivity index (χ2v) is 3.19. The summed E-state index contributed by atoms with van der Waals surface area (Å²) in [5.74, 6) is -0.118. The van der Waals surface area contributed by atoms with Gasteiger partial charge in [0.05, 0.1) is 19.6 Å². The molecular weight excluding hydrogens is 194 g/mol. The number of rotatable bonds is 9. The van der Waals surface area contributed by atoms with Gasteiger partial charge in [-0.1, -0.05) is 6.92 Å². The summed E-state index contributed by atoms with van der Waals surface area (Å²) in [5.41, 5.74) is 0. The van der Waals surface area contributed by atoms with Crippen LogP contribution in [0.5, 0.6) is 0 Å². The molecule has 0 radical (unpaired) electrons. The summed E-state index contributed by atoms with van der Waals surface area (Å²) >= 11 is 0. The molecule has 0 aliphatic heterocycles. The van der Waals surface area contributed by atoms with Crippen LogP contribution in [0.1, 0.15) is 27.2 Å². The van der Waals surface area contributed by atoms with E-state index in [0.717, 1.165) is 32.8 Å². The standard InChI is InChI=1S/C11H23NO3/c1-4-12(9-10-14-5-2)8-7-11(13)15-6-3/h4-10H2,1-3H3. The van der Waals surface area contributed by atoms with Gasteiger partial charge in [0, 0.05) is 19.7 Å². The van der Waals surface area contributed by atoms with Crippen LogP contribution in [-0.2, 0) is 14.3 Å². The second-order valence-electron chi connectivity index (χ2n) is 3.19. The molecule has 0 aliphatic carbocycles. The zero-order valence-corrected chi connectivity index (χ0v) is 10.1. The Morgan fingerprint density at radius 2 is 1.87 bits per heavy atom. The van der Waals surface area contributed by atoms with Crippen LogP contribution in [0.25, 0.3) is 0 Å². The third kappa shape index (κ3) is 8.39. The molecule has 0 saturated heterocycles. The third-order valence-electron chi connectivity index (χ3n) is 2.14. The molecule has 0 bridgehead atoms. The Labute approximate surface area is 92.5 Å². The van der Waals surface area contributed by atoms with Gasteiger partial charge in [0.2, 0.25) is 0 Å². The van der Waals surface area contributed by atoms with Crippen molar-refractivity contribution in [2.75, 3.05) is 39.5 Å². The summed E-state index contributed by atoms with van der Waals surface area (Å²) in [5, 5.41) is 0. The number of carbonyl (C=O) groups excluding carboxylic acids is 1. The van der Waals surface area contributed by atoms with E-state index in [1.165, 1.54) is 0 Å². The third-order valence-corrected chi connectivity index (χ3v) is 2.14. The van der Waals surface area contributed by atoms with Crippen molar-refractivity contribution >= 4 is 5.97 Å². The highest BCUT2D eigenvalue weighted by atomic mass is 16.5. The lowest BCUT2D eigenvalue weighted by molar-refractivity contribution is -0.143. The van der Waals surface area contributed by atoms with E-state index in [1.54, 1.807) is 0 Å². The topological polar surface area (TPSA) is 38.8 Å². The fourth-order valence-corrected chi connectivity index (χ4v) is 1.25. The summed E-state index contributed by atoms with van der Waals surface area (Å²) in [6.07, 6.45) is 0.466. The first kappa shape index (κ1) is 14.4. The fourth-order valence-electron chi connectivity index (χ4n) is 1.25. The monoisotopic (exact) mass is 217 g/mol. The molecule has 15 heavy (non-hydrogen) atoms. The van der Waals surface area contributed by atoms with E-state index < -0.39 is 0 Å². The van der Waals surface area contributed by atoms with Gasteiger partial charge in [0.1, 0.15) is 0 Å². The molecule has 90 valence electrons. The van der Waals surface area contributed by atoms with Crippen molar-refractivity contribution < 1.29 is 14.3 Å². The molecular formula is C11H23NO3. The van der Waals surface area contributed by atoms with Gasteiger partial charge in [-0.2, -0.15) is 0 Å². The van der Waals surface area contributed by atoms with Gasteiger partial charge in [-0.05, 0) is 20.4 Å². The molecule has 0 aromatic heterocycles. The zero-order valence-electron chi connectivity index (χ0n) is 10.1. The molecule has 0 heterocycles. The maximum Gasteiger partial charge on any atom is 0.307 e. The van der Waals surface area contributed by atoms with Crippen molar-refractivity contribution in [3.8, 4) is 0 Å². The molecule has 4 heteroatoms. The normalized spacial score (nSPS) is 10.7. The molecule has 0 spiro atoms. The number of ether oxygens (including phenoxy) is 2. The lowest BCUT2D eigenvalue weighted by Crippen LogP contribution is -2.30. The largest absolute Gasteiger partial charge is 0.466 e. The maximum atomic E-state index is 11.1. The Balaban J connectivity index is 3.55. The lowest BCUT2D eigenvalue weighted by Gasteiger charge is -2.19. The van der Waals surface area contributed by atoms with E-state index in [2.05, 4.69) is 11.8 Å². The molecule has 0 unspecified atom stereocenters. The van der Waals surface area contributed by atoms with Crippen molar-refractivity contribution in [1.29, 1.82) is 0 Å². The van der Waals surface area contributed by atoms with E-state index in [9.17, 15) is 4.79 Å². The van der Waals surface area contributed by atoms with Gasteiger partial charge in [-0.25, -0.2) is 0 Å². The smallest absolute Gasteiger partial charge is 0.307 e. The molecule has 0 fully saturated rings. The van der Waals surface area contributed by atoms with Crippen molar-refractivity contribution in [3.05, 3.63) is 0 Å². The number of carbonyl (C=O) groups is 1. The van der Waals surface area contributed by atoms with Crippen LogP contribution in [0.15, 0.2) is 0 Å². The van der Waals surface area contributed by atoms with Crippen molar-refractivity contribution in [2.45, 2.75) is 27.2 Å². The maximum absolute atomic E-state index is 11.1. The average molecular weight is 217 g/mol. The van der Waals surface area contributed by atoms with Gasteiger partial charge in [0.15, 0.2) is 0 Å². The molecule has 0 aromatic carbocycles. The van der Waals surface area contributed by atoms with Crippen LogP contribution in [0, 0.1) is 0 Å².